The molecule has 24 heavy (non-hydrogen) atoms. The average Bonchev–Trinajstić information content (AvgIpc) is 3.12. The Hall–Kier alpha value is -1.04. The minimum absolute atomic E-state index is 0.0827. The Morgan fingerprint density at radius 2 is 1.79 bits per heavy atom. The first-order valence-corrected chi connectivity index (χ1v) is 8.97. The molecule has 0 aromatic carbocycles. The molecule has 1 saturated heterocycles. The smallest absolute Gasteiger partial charge is 0.302 e. The van der Waals surface area contributed by atoms with E-state index in [9.17, 15) is 13.2 Å². The van der Waals surface area contributed by atoms with E-state index in [2.05, 4.69) is 32.1 Å². The summed E-state index contributed by atoms with van der Waals surface area (Å²) in [6.45, 7) is 8.15. The van der Waals surface area contributed by atoms with E-state index in [0.29, 0.717) is 31.8 Å². The van der Waals surface area contributed by atoms with E-state index in [1.165, 1.54) is 5.56 Å². The molecular formula is C18H28F3N3. The quantitative estimate of drug-likeness (QED) is 0.797. The summed E-state index contributed by atoms with van der Waals surface area (Å²) >= 11 is 0. The number of alkyl halides is 3. The summed E-state index contributed by atoms with van der Waals surface area (Å²) in [6, 6.07) is 0. The van der Waals surface area contributed by atoms with Crippen LogP contribution >= 0.6 is 0 Å². The third kappa shape index (κ3) is 3.48. The minimum Gasteiger partial charge on any atom is -0.302 e. The van der Waals surface area contributed by atoms with Gasteiger partial charge in [0, 0.05) is 25.8 Å². The summed E-state index contributed by atoms with van der Waals surface area (Å²) in [5.41, 5.74) is -0.264. The first-order chi connectivity index (χ1) is 11.1. The van der Waals surface area contributed by atoms with Crippen LogP contribution in [-0.4, -0.2) is 40.5 Å². The number of hydrogen-bond donors (Lipinski definition) is 0. The highest BCUT2D eigenvalue weighted by Gasteiger charge is 2.63. The minimum atomic E-state index is -4.05. The van der Waals surface area contributed by atoms with Gasteiger partial charge in [0.05, 0.1) is 17.2 Å². The zero-order chi connectivity index (χ0) is 17.6. The molecule has 1 saturated carbocycles. The zero-order valence-electron chi connectivity index (χ0n) is 14.9. The van der Waals surface area contributed by atoms with Crippen molar-refractivity contribution in [2.75, 3.05) is 19.6 Å². The molecule has 0 N–H and O–H groups in total. The van der Waals surface area contributed by atoms with Crippen LogP contribution in [0, 0.1) is 11.3 Å². The summed E-state index contributed by atoms with van der Waals surface area (Å²) in [5.74, 6) is 0.592. The molecule has 1 aliphatic heterocycles. The first kappa shape index (κ1) is 17.8. The van der Waals surface area contributed by atoms with Crippen LogP contribution in [0.2, 0.25) is 0 Å². The predicted molar refractivity (Wildman–Crippen MR) is 87.8 cm³/mol. The van der Waals surface area contributed by atoms with Crippen LogP contribution in [0.3, 0.4) is 0 Å². The van der Waals surface area contributed by atoms with Crippen LogP contribution in [0.25, 0.3) is 0 Å². The second kappa shape index (κ2) is 6.04. The maximum atomic E-state index is 13.1. The molecule has 6 heteroatoms. The van der Waals surface area contributed by atoms with Crippen LogP contribution in [-0.2, 0) is 12.0 Å². The fraction of sp³-hybridized carbons (Fsp3) is 0.833. The van der Waals surface area contributed by atoms with Gasteiger partial charge in [-0.15, -0.1) is 0 Å². The Balaban J connectivity index is 1.59. The van der Waals surface area contributed by atoms with E-state index >= 15 is 0 Å². The van der Waals surface area contributed by atoms with Gasteiger partial charge in [0.2, 0.25) is 0 Å². The fourth-order valence-corrected chi connectivity index (χ4v) is 3.76. The fourth-order valence-electron chi connectivity index (χ4n) is 3.76. The number of nitrogens with zero attached hydrogens (tertiary/aromatic N) is 3. The first-order valence-electron chi connectivity index (χ1n) is 8.97. The molecule has 1 aliphatic carbocycles. The Bertz CT molecular complexity index is 564. The van der Waals surface area contributed by atoms with E-state index in [4.69, 9.17) is 0 Å². The number of aromatic nitrogens is 2. The van der Waals surface area contributed by atoms with E-state index in [1.54, 1.807) is 0 Å². The molecule has 0 spiro atoms. The molecule has 136 valence electrons. The molecule has 2 fully saturated rings. The number of hydrogen-bond acceptors (Lipinski definition) is 2. The monoisotopic (exact) mass is 343 g/mol. The Labute approximate surface area is 142 Å². The SMILES string of the molecule is CC(C)Cc1cnn(C2(C)CCN(CC3(C(F)(F)F)CC3)CC2)c1. The third-order valence-electron chi connectivity index (χ3n) is 5.75. The lowest BCUT2D eigenvalue weighted by Crippen LogP contribution is -2.48. The Morgan fingerprint density at radius 3 is 2.29 bits per heavy atom. The van der Waals surface area contributed by atoms with Crippen molar-refractivity contribution in [1.29, 1.82) is 0 Å². The standard InChI is InChI=1S/C18H28F3N3/c1-14(2)10-15-11-22-24(12-15)16(3)6-8-23(9-7-16)13-17(4-5-17)18(19,20)21/h11-12,14H,4-10,13H2,1-3H3. The maximum absolute atomic E-state index is 13.1. The normalized spacial score (nSPS) is 23.6. The van der Waals surface area contributed by atoms with Gasteiger partial charge in [-0.2, -0.15) is 18.3 Å². The zero-order valence-corrected chi connectivity index (χ0v) is 14.9. The highest BCUT2D eigenvalue weighted by molar-refractivity contribution is 5.07. The summed E-state index contributed by atoms with van der Waals surface area (Å²) in [7, 11) is 0. The van der Waals surface area contributed by atoms with Gasteiger partial charge in [0.25, 0.3) is 0 Å². The molecule has 3 rings (SSSR count). The van der Waals surface area contributed by atoms with Crippen molar-refractivity contribution >= 4 is 0 Å². The summed E-state index contributed by atoms with van der Waals surface area (Å²) in [5, 5.41) is 4.53. The van der Waals surface area contributed by atoms with Gasteiger partial charge < -0.3 is 4.90 Å². The predicted octanol–water partition coefficient (Wildman–Crippen LogP) is 4.24. The van der Waals surface area contributed by atoms with Crippen molar-refractivity contribution in [2.45, 2.75) is 64.6 Å². The summed E-state index contributed by atoms with van der Waals surface area (Å²) in [4.78, 5) is 2.00. The van der Waals surface area contributed by atoms with Gasteiger partial charge >= 0.3 is 6.18 Å². The van der Waals surface area contributed by atoms with Crippen molar-refractivity contribution in [3.8, 4) is 0 Å². The number of piperidine rings is 1. The van der Waals surface area contributed by atoms with Crippen molar-refractivity contribution in [2.24, 2.45) is 11.3 Å². The lowest BCUT2D eigenvalue weighted by molar-refractivity contribution is -0.193. The second-order valence-corrected chi connectivity index (χ2v) is 8.44. The molecule has 3 nitrogen and oxygen atoms in total. The largest absolute Gasteiger partial charge is 0.395 e. The van der Waals surface area contributed by atoms with Gasteiger partial charge in [-0.1, -0.05) is 13.8 Å². The van der Waals surface area contributed by atoms with Crippen LogP contribution in [0.1, 0.15) is 52.0 Å². The molecule has 0 bridgehead atoms. The average molecular weight is 343 g/mol. The summed E-state index contributed by atoms with van der Waals surface area (Å²) in [6.07, 6.45) is 3.30. The summed E-state index contributed by atoms with van der Waals surface area (Å²) < 4.78 is 41.4. The molecule has 0 radical (unpaired) electrons. The lowest BCUT2D eigenvalue weighted by Gasteiger charge is -2.41. The van der Waals surface area contributed by atoms with Gasteiger partial charge in [0.1, 0.15) is 0 Å². The van der Waals surface area contributed by atoms with E-state index in [0.717, 1.165) is 19.3 Å². The third-order valence-corrected chi connectivity index (χ3v) is 5.75. The van der Waals surface area contributed by atoms with E-state index in [-0.39, 0.29) is 12.1 Å². The topological polar surface area (TPSA) is 21.1 Å². The number of halogens is 3. The van der Waals surface area contributed by atoms with Crippen LogP contribution in [0.15, 0.2) is 12.4 Å². The second-order valence-electron chi connectivity index (χ2n) is 8.44. The number of rotatable bonds is 5. The molecule has 2 heterocycles. The van der Waals surface area contributed by atoms with Crippen molar-refractivity contribution in [3.05, 3.63) is 18.0 Å². The van der Waals surface area contributed by atoms with Gasteiger partial charge in [0.15, 0.2) is 0 Å². The van der Waals surface area contributed by atoms with Crippen molar-refractivity contribution in [1.82, 2.24) is 14.7 Å². The van der Waals surface area contributed by atoms with Gasteiger partial charge in [-0.05, 0) is 50.5 Å². The van der Waals surface area contributed by atoms with Gasteiger partial charge in [-0.25, -0.2) is 0 Å². The van der Waals surface area contributed by atoms with E-state index < -0.39 is 11.6 Å². The van der Waals surface area contributed by atoms with Crippen molar-refractivity contribution < 1.29 is 13.2 Å². The highest BCUT2D eigenvalue weighted by atomic mass is 19.4. The molecule has 1 aromatic heterocycles. The Kier molecular flexibility index (Phi) is 4.47. The van der Waals surface area contributed by atoms with Gasteiger partial charge in [-0.3, -0.25) is 4.68 Å². The molecule has 0 unspecified atom stereocenters. The highest BCUT2D eigenvalue weighted by Crippen LogP contribution is 2.58. The number of likely N-dealkylation sites (tertiary alicyclic amines) is 1. The maximum Gasteiger partial charge on any atom is 0.395 e. The Morgan fingerprint density at radius 1 is 1.17 bits per heavy atom. The van der Waals surface area contributed by atoms with Crippen LogP contribution < -0.4 is 0 Å². The van der Waals surface area contributed by atoms with Crippen molar-refractivity contribution in [3.63, 3.8) is 0 Å². The molecule has 1 aromatic rings. The molecular weight excluding hydrogens is 315 g/mol. The van der Waals surface area contributed by atoms with Crippen LogP contribution in [0.5, 0.6) is 0 Å². The molecule has 0 amide bonds. The van der Waals surface area contributed by atoms with E-state index in [1.807, 2.05) is 15.8 Å². The lowest BCUT2D eigenvalue weighted by atomic mass is 9.89. The van der Waals surface area contributed by atoms with Crippen LogP contribution in [0.4, 0.5) is 13.2 Å². The molecule has 2 aliphatic rings. The molecule has 0 atom stereocenters.